The van der Waals surface area contributed by atoms with Crippen LogP contribution in [0.1, 0.15) is 12.8 Å². The molecule has 2 N–H and O–H groups in total. The molecule has 10 heavy (non-hydrogen) atoms. The first-order valence-electron chi connectivity index (χ1n) is 3.83. The SMILES string of the molecule is C1CC2(CCNC2)CN1.Cl. The maximum Gasteiger partial charge on any atom is 0.00209 e. The molecule has 0 bridgehead atoms. The van der Waals surface area contributed by atoms with Crippen molar-refractivity contribution < 1.29 is 0 Å². The van der Waals surface area contributed by atoms with E-state index >= 15 is 0 Å². The molecule has 0 saturated carbocycles. The smallest absolute Gasteiger partial charge is 0.00209 e. The van der Waals surface area contributed by atoms with Crippen LogP contribution in [-0.4, -0.2) is 26.2 Å². The van der Waals surface area contributed by atoms with Gasteiger partial charge >= 0.3 is 0 Å². The van der Waals surface area contributed by atoms with Crippen LogP contribution in [0.5, 0.6) is 0 Å². The summed E-state index contributed by atoms with van der Waals surface area (Å²) >= 11 is 0. The second-order valence-corrected chi connectivity index (χ2v) is 3.35. The van der Waals surface area contributed by atoms with Gasteiger partial charge < -0.3 is 10.6 Å². The van der Waals surface area contributed by atoms with E-state index in [0.29, 0.717) is 5.41 Å². The third-order valence-electron chi connectivity index (χ3n) is 2.66. The lowest BCUT2D eigenvalue weighted by molar-refractivity contribution is 0.365. The lowest BCUT2D eigenvalue weighted by atomic mass is 9.87. The van der Waals surface area contributed by atoms with Crippen molar-refractivity contribution in [3.63, 3.8) is 0 Å². The number of nitrogens with one attached hydrogen (secondary N) is 2. The highest BCUT2D eigenvalue weighted by atomic mass is 35.5. The van der Waals surface area contributed by atoms with Gasteiger partial charge in [0, 0.05) is 13.1 Å². The van der Waals surface area contributed by atoms with Crippen LogP contribution in [0.25, 0.3) is 0 Å². The summed E-state index contributed by atoms with van der Waals surface area (Å²) in [7, 11) is 0. The normalized spacial score (nSPS) is 28.8. The molecule has 2 nitrogen and oxygen atoms in total. The van der Waals surface area contributed by atoms with Crippen molar-refractivity contribution in [1.82, 2.24) is 10.6 Å². The van der Waals surface area contributed by atoms with E-state index in [-0.39, 0.29) is 12.4 Å². The Balaban J connectivity index is 0.000000500. The van der Waals surface area contributed by atoms with Crippen molar-refractivity contribution in [3.05, 3.63) is 0 Å². The van der Waals surface area contributed by atoms with Crippen LogP contribution in [-0.2, 0) is 0 Å². The van der Waals surface area contributed by atoms with Gasteiger partial charge in [0.05, 0.1) is 0 Å². The maximum absolute atomic E-state index is 3.42. The van der Waals surface area contributed by atoms with E-state index in [1.165, 1.54) is 39.0 Å². The summed E-state index contributed by atoms with van der Waals surface area (Å²) in [6.07, 6.45) is 2.78. The van der Waals surface area contributed by atoms with Gasteiger partial charge in [-0.2, -0.15) is 0 Å². The Labute approximate surface area is 68.2 Å². The van der Waals surface area contributed by atoms with E-state index in [0.717, 1.165) is 0 Å². The molecule has 0 atom stereocenters. The molecule has 0 unspecified atom stereocenters. The third kappa shape index (κ3) is 1.29. The fraction of sp³-hybridized carbons (Fsp3) is 1.00. The topological polar surface area (TPSA) is 24.1 Å². The van der Waals surface area contributed by atoms with Gasteiger partial charge in [0.1, 0.15) is 0 Å². The number of halogens is 1. The average Bonchev–Trinajstić information content (AvgIpc) is 2.45. The lowest BCUT2D eigenvalue weighted by Gasteiger charge is -2.18. The molecule has 1 spiro atoms. The van der Waals surface area contributed by atoms with Crippen LogP contribution < -0.4 is 10.6 Å². The second kappa shape index (κ2) is 3.07. The second-order valence-electron chi connectivity index (χ2n) is 3.35. The molecular weight excluding hydrogens is 148 g/mol. The molecule has 0 amide bonds. The van der Waals surface area contributed by atoms with Crippen LogP contribution in [0.2, 0.25) is 0 Å². The fourth-order valence-electron chi connectivity index (χ4n) is 1.96. The van der Waals surface area contributed by atoms with E-state index in [9.17, 15) is 0 Å². The molecule has 2 heterocycles. The molecule has 0 aromatic heterocycles. The maximum atomic E-state index is 3.42. The zero-order valence-corrected chi connectivity index (χ0v) is 6.97. The fourth-order valence-corrected chi connectivity index (χ4v) is 1.96. The van der Waals surface area contributed by atoms with Crippen LogP contribution in [0.15, 0.2) is 0 Å². The van der Waals surface area contributed by atoms with Gasteiger partial charge in [0.15, 0.2) is 0 Å². The highest BCUT2D eigenvalue weighted by Crippen LogP contribution is 2.31. The average molecular weight is 163 g/mol. The highest BCUT2D eigenvalue weighted by Gasteiger charge is 2.35. The lowest BCUT2D eigenvalue weighted by Crippen LogP contribution is -2.26. The molecule has 2 saturated heterocycles. The van der Waals surface area contributed by atoms with E-state index in [2.05, 4.69) is 10.6 Å². The summed E-state index contributed by atoms with van der Waals surface area (Å²) in [5.74, 6) is 0. The summed E-state index contributed by atoms with van der Waals surface area (Å²) in [6, 6.07) is 0. The Kier molecular flexibility index (Phi) is 2.55. The van der Waals surface area contributed by atoms with Crippen molar-refractivity contribution in [1.29, 1.82) is 0 Å². The van der Waals surface area contributed by atoms with Crippen molar-refractivity contribution >= 4 is 12.4 Å². The van der Waals surface area contributed by atoms with Gasteiger partial charge in [-0.25, -0.2) is 0 Å². The van der Waals surface area contributed by atoms with Gasteiger partial charge in [-0.15, -0.1) is 12.4 Å². The number of hydrogen-bond donors (Lipinski definition) is 2. The van der Waals surface area contributed by atoms with Gasteiger partial charge in [-0.05, 0) is 31.3 Å². The molecular formula is C7H15ClN2. The highest BCUT2D eigenvalue weighted by molar-refractivity contribution is 5.85. The summed E-state index contributed by atoms with van der Waals surface area (Å²) in [5, 5.41) is 6.83. The zero-order chi connectivity index (χ0) is 6.16. The molecule has 0 aromatic rings. The minimum absolute atomic E-state index is 0. The van der Waals surface area contributed by atoms with Crippen LogP contribution in [0, 0.1) is 5.41 Å². The minimum atomic E-state index is 0. The summed E-state index contributed by atoms with van der Waals surface area (Å²) in [4.78, 5) is 0. The first-order chi connectivity index (χ1) is 4.41. The molecule has 2 fully saturated rings. The Hall–Kier alpha value is 0.210. The molecule has 2 aliphatic heterocycles. The summed E-state index contributed by atoms with van der Waals surface area (Å²) in [6.45, 7) is 4.98. The van der Waals surface area contributed by atoms with Gasteiger partial charge in [0.25, 0.3) is 0 Å². The molecule has 60 valence electrons. The zero-order valence-electron chi connectivity index (χ0n) is 6.15. The summed E-state index contributed by atoms with van der Waals surface area (Å²) < 4.78 is 0. The Morgan fingerprint density at radius 3 is 1.70 bits per heavy atom. The van der Waals surface area contributed by atoms with Crippen molar-refractivity contribution in [2.24, 2.45) is 5.41 Å². The van der Waals surface area contributed by atoms with Gasteiger partial charge in [-0.3, -0.25) is 0 Å². The van der Waals surface area contributed by atoms with E-state index in [1.807, 2.05) is 0 Å². The molecule has 0 radical (unpaired) electrons. The molecule has 0 aliphatic carbocycles. The van der Waals surface area contributed by atoms with E-state index in [4.69, 9.17) is 0 Å². The van der Waals surface area contributed by atoms with Crippen molar-refractivity contribution in [2.75, 3.05) is 26.2 Å². The predicted molar refractivity (Wildman–Crippen MR) is 44.7 cm³/mol. The Bertz CT molecular complexity index is 86.7. The third-order valence-corrected chi connectivity index (χ3v) is 2.66. The minimum Gasteiger partial charge on any atom is -0.316 e. The quantitative estimate of drug-likeness (QED) is 0.539. The monoisotopic (exact) mass is 162 g/mol. The standard InChI is InChI=1S/C7H14N2.ClH/c1-3-8-5-7(1)2-4-9-6-7;/h8-9H,1-6H2;1H. The largest absolute Gasteiger partial charge is 0.316 e. The molecule has 2 rings (SSSR count). The first-order valence-corrected chi connectivity index (χ1v) is 3.83. The van der Waals surface area contributed by atoms with Crippen molar-refractivity contribution in [2.45, 2.75) is 12.8 Å². The molecule has 3 heteroatoms. The number of hydrogen-bond acceptors (Lipinski definition) is 2. The van der Waals surface area contributed by atoms with Crippen LogP contribution >= 0.6 is 12.4 Å². The van der Waals surface area contributed by atoms with Gasteiger partial charge in [-0.1, -0.05) is 0 Å². The summed E-state index contributed by atoms with van der Waals surface area (Å²) in [5.41, 5.74) is 0.667. The van der Waals surface area contributed by atoms with Crippen molar-refractivity contribution in [3.8, 4) is 0 Å². The predicted octanol–water partition coefficient (Wildman–Crippen LogP) is 0.381. The first kappa shape index (κ1) is 8.31. The molecule has 2 aliphatic rings. The molecule has 0 aromatic carbocycles. The van der Waals surface area contributed by atoms with Crippen LogP contribution in [0.3, 0.4) is 0 Å². The van der Waals surface area contributed by atoms with Gasteiger partial charge in [0.2, 0.25) is 0 Å². The van der Waals surface area contributed by atoms with E-state index in [1.54, 1.807) is 0 Å². The Morgan fingerprint density at radius 2 is 1.40 bits per heavy atom. The van der Waals surface area contributed by atoms with E-state index < -0.39 is 0 Å². The Morgan fingerprint density at radius 1 is 0.900 bits per heavy atom. The van der Waals surface area contributed by atoms with Crippen LogP contribution in [0.4, 0.5) is 0 Å². The number of rotatable bonds is 0.